The van der Waals surface area contributed by atoms with Crippen LogP contribution in [0.15, 0.2) is 59.5 Å². The molecule has 1 aliphatic rings. The van der Waals surface area contributed by atoms with Crippen molar-refractivity contribution in [3.05, 3.63) is 76.2 Å². The summed E-state index contributed by atoms with van der Waals surface area (Å²) in [6.45, 7) is 3.78. The first kappa shape index (κ1) is 16.2. The van der Waals surface area contributed by atoms with Crippen LogP contribution in [0.5, 0.6) is 0 Å². The summed E-state index contributed by atoms with van der Waals surface area (Å²) in [7, 11) is 0. The van der Waals surface area contributed by atoms with Crippen LogP contribution in [0, 0.1) is 0 Å². The molecule has 3 rings (SSSR count). The van der Waals surface area contributed by atoms with Crippen LogP contribution in [0.3, 0.4) is 0 Å². The van der Waals surface area contributed by atoms with Gasteiger partial charge >= 0.3 is 0 Å². The van der Waals surface area contributed by atoms with Gasteiger partial charge in [-0.05, 0) is 17.7 Å². The maximum absolute atomic E-state index is 12.4. The van der Waals surface area contributed by atoms with Gasteiger partial charge in [0.05, 0.1) is 0 Å². The van der Waals surface area contributed by atoms with E-state index in [2.05, 4.69) is 34.2 Å². The van der Waals surface area contributed by atoms with E-state index < -0.39 is 0 Å². The summed E-state index contributed by atoms with van der Waals surface area (Å²) in [4.78, 5) is 30.7. The minimum Gasteiger partial charge on any atom is -0.336 e. The van der Waals surface area contributed by atoms with E-state index in [9.17, 15) is 9.59 Å². The molecule has 0 unspecified atom stereocenters. The van der Waals surface area contributed by atoms with E-state index in [4.69, 9.17) is 0 Å². The number of amides is 1. The fraction of sp³-hybridized carbons (Fsp3) is 0.263. The van der Waals surface area contributed by atoms with Gasteiger partial charge in [0.15, 0.2) is 0 Å². The Morgan fingerprint density at radius 1 is 1.04 bits per heavy atom. The van der Waals surface area contributed by atoms with Crippen molar-refractivity contribution >= 4 is 12.0 Å². The second kappa shape index (κ2) is 7.75. The number of piperazine rings is 1. The minimum atomic E-state index is -0.323. The predicted octanol–water partition coefficient (Wildman–Crippen LogP) is 1.85. The molecule has 5 heteroatoms. The average molecular weight is 323 g/mol. The highest BCUT2D eigenvalue weighted by Gasteiger charge is 2.22. The SMILES string of the molecule is O=C(c1ccc[nH]c1=O)N1CCN(C/C=C\c2ccccc2)CC1. The number of carbonyl (C=O) groups is 1. The molecule has 1 saturated heterocycles. The van der Waals surface area contributed by atoms with E-state index in [0.717, 1.165) is 19.6 Å². The zero-order chi connectivity index (χ0) is 16.8. The highest BCUT2D eigenvalue weighted by molar-refractivity contribution is 5.93. The Hall–Kier alpha value is -2.66. The molecule has 1 aromatic heterocycles. The van der Waals surface area contributed by atoms with Gasteiger partial charge in [0.1, 0.15) is 5.56 Å². The Bertz CT molecular complexity index is 759. The van der Waals surface area contributed by atoms with Gasteiger partial charge in [-0.3, -0.25) is 14.5 Å². The van der Waals surface area contributed by atoms with Gasteiger partial charge in [0.25, 0.3) is 11.5 Å². The molecule has 124 valence electrons. The van der Waals surface area contributed by atoms with Crippen molar-refractivity contribution in [1.82, 2.24) is 14.8 Å². The monoisotopic (exact) mass is 323 g/mol. The highest BCUT2D eigenvalue weighted by Crippen LogP contribution is 2.07. The molecule has 1 amide bonds. The first-order chi connectivity index (χ1) is 11.7. The van der Waals surface area contributed by atoms with Crippen molar-refractivity contribution in [3.8, 4) is 0 Å². The zero-order valence-corrected chi connectivity index (χ0v) is 13.5. The summed E-state index contributed by atoms with van der Waals surface area (Å²) < 4.78 is 0. The second-order valence-electron chi connectivity index (χ2n) is 5.82. The Morgan fingerprint density at radius 3 is 2.50 bits per heavy atom. The fourth-order valence-electron chi connectivity index (χ4n) is 2.80. The van der Waals surface area contributed by atoms with E-state index in [1.807, 2.05) is 18.2 Å². The molecule has 5 nitrogen and oxygen atoms in total. The van der Waals surface area contributed by atoms with Gasteiger partial charge in [0.2, 0.25) is 0 Å². The number of nitrogens with zero attached hydrogens (tertiary/aromatic N) is 2. The van der Waals surface area contributed by atoms with Crippen molar-refractivity contribution < 1.29 is 4.79 Å². The van der Waals surface area contributed by atoms with Crippen molar-refractivity contribution in [2.75, 3.05) is 32.7 Å². The third kappa shape index (κ3) is 4.00. The minimum absolute atomic E-state index is 0.184. The Morgan fingerprint density at radius 2 is 1.79 bits per heavy atom. The van der Waals surface area contributed by atoms with Crippen LogP contribution in [-0.2, 0) is 0 Å². The molecular formula is C19H21N3O2. The lowest BCUT2D eigenvalue weighted by Crippen LogP contribution is -2.49. The van der Waals surface area contributed by atoms with Gasteiger partial charge in [-0.25, -0.2) is 0 Å². The van der Waals surface area contributed by atoms with Crippen LogP contribution in [0.25, 0.3) is 6.08 Å². The van der Waals surface area contributed by atoms with Gasteiger partial charge < -0.3 is 9.88 Å². The molecule has 0 atom stereocenters. The summed E-state index contributed by atoms with van der Waals surface area (Å²) in [5, 5.41) is 0. The third-order valence-corrected chi connectivity index (χ3v) is 4.18. The largest absolute Gasteiger partial charge is 0.336 e. The van der Waals surface area contributed by atoms with E-state index >= 15 is 0 Å². The van der Waals surface area contributed by atoms with Crippen molar-refractivity contribution in [3.63, 3.8) is 0 Å². The third-order valence-electron chi connectivity index (χ3n) is 4.18. The molecule has 0 aliphatic carbocycles. The Kier molecular flexibility index (Phi) is 5.23. The molecule has 24 heavy (non-hydrogen) atoms. The number of hydrogen-bond acceptors (Lipinski definition) is 3. The number of aromatic nitrogens is 1. The Balaban J connectivity index is 1.51. The lowest BCUT2D eigenvalue weighted by atomic mass is 10.2. The molecule has 1 aromatic carbocycles. The molecule has 0 radical (unpaired) electrons. The number of nitrogens with one attached hydrogen (secondary N) is 1. The fourth-order valence-corrected chi connectivity index (χ4v) is 2.80. The summed E-state index contributed by atoms with van der Waals surface area (Å²) in [5.41, 5.74) is 1.08. The maximum atomic E-state index is 12.4. The normalized spacial score (nSPS) is 15.8. The van der Waals surface area contributed by atoms with Gasteiger partial charge in [-0.15, -0.1) is 0 Å². The maximum Gasteiger partial charge on any atom is 0.260 e. The van der Waals surface area contributed by atoms with Crippen LogP contribution in [0.4, 0.5) is 0 Å². The molecule has 0 bridgehead atoms. The van der Waals surface area contributed by atoms with Crippen molar-refractivity contribution in [2.24, 2.45) is 0 Å². The quantitative estimate of drug-likeness (QED) is 0.934. The van der Waals surface area contributed by atoms with E-state index in [1.165, 1.54) is 11.8 Å². The number of pyridine rings is 1. The lowest BCUT2D eigenvalue weighted by molar-refractivity contribution is 0.0648. The molecule has 0 spiro atoms. The summed E-state index contributed by atoms with van der Waals surface area (Å²) in [6, 6.07) is 13.5. The summed E-state index contributed by atoms with van der Waals surface area (Å²) >= 11 is 0. The zero-order valence-electron chi connectivity index (χ0n) is 13.5. The summed E-state index contributed by atoms with van der Waals surface area (Å²) in [6.07, 6.45) is 5.80. The van der Waals surface area contributed by atoms with Crippen LogP contribution >= 0.6 is 0 Å². The standard InChI is InChI=1S/C19H21N3O2/c23-18-17(9-4-10-20-18)19(24)22-14-12-21(13-15-22)11-5-8-16-6-2-1-3-7-16/h1-10H,11-15H2,(H,20,23)/b8-5-. The molecule has 2 heterocycles. The number of rotatable bonds is 4. The van der Waals surface area contributed by atoms with E-state index in [-0.39, 0.29) is 17.0 Å². The lowest BCUT2D eigenvalue weighted by Gasteiger charge is -2.34. The molecule has 0 saturated carbocycles. The predicted molar refractivity (Wildman–Crippen MR) is 94.9 cm³/mol. The first-order valence-electron chi connectivity index (χ1n) is 8.15. The van der Waals surface area contributed by atoms with E-state index in [1.54, 1.807) is 17.0 Å². The van der Waals surface area contributed by atoms with Crippen LogP contribution in [-0.4, -0.2) is 53.4 Å². The van der Waals surface area contributed by atoms with Gasteiger partial charge in [0, 0.05) is 38.9 Å². The molecule has 1 N–H and O–H groups in total. The number of aromatic amines is 1. The Labute approximate surface area is 141 Å². The number of hydrogen-bond donors (Lipinski definition) is 1. The van der Waals surface area contributed by atoms with Crippen molar-refractivity contribution in [2.45, 2.75) is 0 Å². The summed E-state index contributed by atoms with van der Waals surface area (Å²) in [5.74, 6) is -0.184. The smallest absolute Gasteiger partial charge is 0.260 e. The molecule has 2 aromatic rings. The average Bonchev–Trinajstić information content (AvgIpc) is 2.63. The topological polar surface area (TPSA) is 56.4 Å². The second-order valence-corrected chi connectivity index (χ2v) is 5.82. The van der Waals surface area contributed by atoms with Crippen LogP contribution in [0.1, 0.15) is 15.9 Å². The highest BCUT2D eigenvalue weighted by atomic mass is 16.2. The number of H-pyrrole nitrogens is 1. The first-order valence-corrected chi connectivity index (χ1v) is 8.15. The van der Waals surface area contributed by atoms with Crippen LogP contribution in [0.2, 0.25) is 0 Å². The number of carbonyl (C=O) groups excluding carboxylic acids is 1. The van der Waals surface area contributed by atoms with E-state index in [0.29, 0.717) is 13.1 Å². The van der Waals surface area contributed by atoms with Gasteiger partial charge in [-0.1, -0.05) is 42.5 Å². The molecule has 1 aliphatic heterocycles. The molecular weight excluding hydrogens is 302 g/mol. The number of benzene rings is 1. The van der Waals surface area contributed by atoms with Crippen LogP contribution < -0.4 is 5.56 Å². The van der Waals surface area contributed by atoms with Gasteiger partial charge in [-0.2, -0.15) is 0 Å². The van der Waals surface area contributed by atoms with Crippen molar-refractivity contribution in [1.29, 1.82) is 0 Å². The molecule has 1 fully saturated rings.